The fourth-order valence-corrected chi connectivity index (χ4v) is 2.44. The van der Waals surface area contributed by atoms with Crippen molar-refractivity contribution in [2.45, 2.75) is 0 Å². The number of hydrogen-bond acceptors (Lipinski definition) is 1. The van der Waals surface area contributed by atoms with Crippen LogP contribution in [0.3, 0.4) is 0 Å². The summed E-state index contributed by atoms with van der Waals surface area (Å²) in [6.45, 7) is 3.99. The van der Waals surface area contributed by atoms with Crippen molar-refractivity contribution in [3.8, 4) is 11.5 Å². The smallest absolute Gasteiger partial charge is 0.170 e. The SMILES string of the molecule is C=C1c2cc(Cl)c(Br)cc2Oc2c(F)cccc21. The molecule has 0 amide bonds. The van der Waals surface area contributed by atoms with E-state index in [0.717, 1.165) is 5.56 Å². The highest BCUT2D eigenvalue weighted by Crippen LogP contribution is 2.46. The van der Waals surface area contributed by atoms with E-state index in [1.807, 2.05) is 0 Å². The molecule has 1 heterocycles. The lowest BCUT2D eigenvalue weighted by atomic mass is 9.95. The molecule has 18 heavy (non-hydrogen) atoms. The molecule has 1 aliphatic heterocycles. The van der Waals surface area contributed by atoms with Gasteiger partial charge in [-0.25, -0.2) is 4.39 Å². The molecule has 3 rings (SSSR count). The molecule has 4 heteroatoms. The lowest BCUT2D eigenvalue weighted by Gasteiger charge is -2.23. The Balaban J connectivity index is 2.25. The van der Waals surface area contributed by atoms with Crippen molar-refractivity contribution in [2.24, 2.45) is 0 Å². The molecule has 2 aromatic carbocycles. The van der Waals surface area contributed by atoms with E-state index in [2.05, 4.69) is 22.5 Å². The first kappa shape index (κ1) is 11.8. The molecule has 0 aromatic heterocycles. The summed E-state index contributed by atoms with van der Waals surface area (Å²) in [7, 11) is 0. The molecule has 0 spiro atoms. The summed E-state index contributed by atoms with van der Waals surface area (Å²) < 4.78 is 20.0. The van der Waals surface area contributed by atoms with Gasteiger partial charge in [-0.15, -0.1) is 0 Å². The second kappa shape index (κ2) is 4.11. The van der Waals surface area contributed by atoms with Gasteiger partial charge in [-0.05, 0) is 39.7 Å². The van der Waals surface area contributed by atoms with Crippen LogP contribution in [0.2, 0.25) is 5.02 Å². The van der Waals surface area contributed by atoms with Crippen LogP contribution in [-0.2, 0) is 0 Å². The number of benzene rings is 2. The molecule has 1 aliphatic rings. The maximum Gasteiger partial charge on any atom is 0.170 e. The fourth-order valence-electron chi connectivity index (χ4n) is 1.95. The second-order valence-corrected chi connectivity index (χ2v) is 5.22. The van der Waals surface area contributed by atoms with Crippen molar-refractivity contribution in [1.29, 1.82) is 0 Å². The number of hydrogen-bond donors (Lipinski definition) is 0. The Hall–Kier alpha value is -1.32. The van der Waals surface area contributed by atoms with E-state index < -0.39 is 5.82 Å². The van der Waals surface area contributed by atoms with E-state index >= 15 is 0 Å². The molecule has 0 saturated heterocycles. The van der Waals surface area contributed by atoms with Gasteiger partial charge < -0.3 is 4.74 Å². The van der Waals surface area contributed by atoms with Crippen molar-refractivity contribution in [1.82, 2.24) is 0 Å². The standard InChI is InChI=1S/C14H7BrClFO/c1-7-8-3-2-4-12(17)14(8)18-13-6-10(15)11(16)5-9(7)13/h2-6H,1H2. The summed E-state index contributed by atoms with van der Waals surface area (Å²) in [6, 6.07) is 8.26. The lowest BCUT2D eigenvalue weighted by Crippen LogP contribution is -2.03. The van der Waals surface area contributed by atoms with Gasteiger partial charge >= 0.3 is 0 Å². The van der Waals surface area contributed by atoms with Crippen LogP contribution in [0.15, 0.2) is 41.4 Å². The van der Waals surface area contributed by atoms with Gasteiger partial charge in [-0.2, -0.15) is 0 Å². The molecule has 0 N–H and O–H groups in total. The van der Waals surface area contributed by atoms with Gasteiger partial charge in [0.1, 0.15) is 5.75 Å². The monoisotopic (exact) mass is 324 g/mol. The fraction of sp³-hybridized carbons (Fsp3) is 0. The van der Waals surface area contributed by atoms with E-state index in [1.54, 1.807) is 24.3 Å². The van der Waals surface area contributed by atoms with Crippen LogP contribution in [-0.4, -0.2) is 0 Å². The third kappa shape index (κ3) is 1.66. The highest BCUT2D eigenvalue weighted by Gasteiger charge is 2.24. The van der Waals surface area contributed by atoms with Crippen LogP contribution in [0, 0.1) is 5.82 Å². The van der Waals surface area contributed by atoms with Crippen molar-refractivity contribution >= 4 is 33.1 Å². The molecule has 1 nitrogen and oxygen atoms in total. The Morgan fingerprint density at radius 1 is 1.22 bits per heavy atom. The molecule has 0 aliphatic carbocycles. The Labute approximate surface area is 117 Å². The quantitative estimate of drug-likeness (QED) is 0.537. The van der Waals surface area contributed by atoms with E-state index in [1.165, 1.54) is 6.07 Å². The van der Waals surface area contributed by atoms with Crippen LogP contribution in [0.1, 0.15) is 11.1 Å². The molecular formula is C14H7BrClFO. The first-order chi connectivity index (χ1) is 8.58. The first-order valence-corrected chi connectivity index (χ1v) is 6.40. The van der Waals surface area contributed by atoms with Crippen LogP contribution in [0.25, 0.3) is 5.57 Å². The minimum Gasteiger partial charge on any atom is -0.453 e. The highest BCUT2D eigenvalue weighted by atomic mass is 79.9. The minimum absolute atomic E-state index is 0.212. The maximum absolute atomic E-state index is 13.7. The van der Waals surface area contributed by atoms with E-state index in [9.17, 15) is 4.39 Å². The van der Waals surface area contributed by atoms with Crippen LogP contribution < -0.4 is 4.74 Å². The zero-order valence-corrected chi connectivity index (χ0v) is 11.5. The van der Waals surface area contributed by atoms with Gasteiger partial charge in [-0.1, -0.05) is 30.3 Å². The van der Waals surface area contributed by atoms with Crippen LogP contribution >= 0.6 is 27.5 Å². The van der Waals surface area contributed by atoms with Gasteiger partial charge in [0.15, 0.2) is 11.6 Å². The molecule has 0 bridgehead atoms. The van der Waals surface area contributed by atoms with Crippen molar-refractivity contribution < 1.29 is 9.13 Å². The van der Waals surface area contributed by atoms with E-state index in [-0.39, 0.29) is 5.75 Å². The first-order valence-electron chi connectivity index (χ1n) is 5.23. The Kier molecular flexibility index (Phi) is 2.68. The third-order valence-electron chi connectivity index (χ3n) is 2.85. The molecule has 90 valence electrons. The van der Waals surface area contributed by atoms with Crippen LogP contribution in [0.5, 0.6) is 11.5 Å². The Morgan fingerprint density at radius 3 is 2.78 bits per heavy atom. The molecule has 0 radical (unpaired) electrons. The minimum atomic E-state index is -0.398. The topological polar surface area (TPSA) is 9.23 Å². The molecular weight excluding hydrogens is 319 g/mol. The van der Waals surface area contributed by atoms with Gasteiger partial charge in [-0.3, -0.25) is 0 Å². The van der Waals surface area contributed by atoms with Crippen molar-refractivity contribution in [2.75, 3.05) is 0 Å². The average molecular weight is 326 g/mol. The second-order valence-electron chi connectivity index (χ2n) is 3.96. The Morgan fingerprint density at radius 2 is 2.00 bits per heavy atom. The number of rotatable bonds is 0. The summed E-state index contributed by atoms with van der Waals surface area (Å²) in [6.07, 6.45) is 0. The highest BCUT2D eigenvalue weighted by molar-refractivity contribution is 9.10. The summed E-state index contributed by atoms with van der Waals surface area (Å²) >= 11 is 9.37. The molecule has 0 atom stereocenters. The number of ether oxygens (including phenoxy) is 1. The lowest BCUT2D eigenvalue weighted by molar-refractivity contribution is 0.435. The van der Waals surface area contributed by atoms with Crippen molar-refractivity contribution in [3.05, 3.63) is 63.4 Å². The van der Waals surface area contributed by atoms with Gasteiger partial charge in [0, 0.05) is 15.6 Å². The van der Waals surface area contributed by atoms with Gasteiger partial charge in [0.05, 0.1) is 5.02 Å². The summed E-state index contributed by atoms with van der Waals surface area (Å²) in [4.78, 5) is 0. The normalized spacial score (nSPS) is 12.7. The van der Waals surface area contributed by atoms with E-state index in [0.29, 0.717) is 26.4 Å². The van der Waals surface area contributed by atoms with Gasteiger partial charge in [0.2, 0.25) is 0 Å². The number of fused-ring (bicyclic) bond motifs is 2. The third-order valence-corrected chi connectivity index (χ3v) is 4.05. The van der Waals surface area contributed by atoms with Crippen molar-refractivity contribution in [3.63, 3.8) is 0 Å². The van der Waals surface area contributed by atoms with E-state index in [4.69, 9.17) is 16.3 Å². The zero-order chi connectivity index (χ0) is 12.9. The Bertz CT molecular complexity index is 682. The molecule has 0 saturated carbocycles. The average Bonchev–Trinajstić information content (AvgIpc) is 2.34. The maximum atomic E-state index is 13.7. The summed E-state index contributed by atoms with van der Waals surface area (Å²) in [5.74, 6) is 0.364. The largest absolute Gasteiger partial charge is 0.453 e. The van der Waals surface area contributed by atoms with Crippen LogP contribution in [0.4, 0.5) is 4.39 Å². The summed E-state index contributed by atoms with van der Waals surface area (Å²) in [5, 5.41) is 0.568. The number of halogens is 3. The predicted octanol–water partition coefficient (Wildman–Crippen LogP) is 5.41. The molecule has 0 fully saturated rings. The zero-order valence-electron chi connectivity index (χ0n) is 9.14. The summed E-state index contributed by atoms with van der Waals surface area (Å²) in [5.41, 5.74) is 2.14. The molecule has 2 aromatic rings. The van der Waals surface area contributed by atoms with Gasteiger partial charge in [0.25, 0.3) is 0 Å². The number of para-hydroxylation sites is 1. The molecule has 0 unspecified atom stereocenters. The predicted molar refractivity (Wildman–Crippen MR) is 73.8 cm³/mol.